The van der Waals surface area contributed by atoms with E-state index in [0.29, 0.717) is 18.8 Å². The highest BCUT2D eigenvalue weighted by Gasteiger charge is 2.15. The molecule has 0 bridgehead atoms. The topological polar surface area (TPSA) is 96.9 Å². The highest BCUT2D eigenvalue weighted by molar-refractivity contribution is 7.80. The van der Waals surface area contributed by atoms with Gasteiger partial charge < -0.3 is 14.8 Å². The molecule has 0 aliphatic carbocycles. The number of hydrogen-bond acceptors (Lipinski definition) is 4. The molecular formula is C17H28N2O5S. The lowest BCUT2D eigenvalue weighted by atomic mass is 10.2. The summed E-state index contributed by atoms with van der Waals surface area (Å²) in [5, 5.41) is 2.74. The van der Waals surface area contributed by atoms with Crippen molar-refractivity contribution in [2.75, 3.05) is 17.9 Å². The maximum absolute atomic E-state index is 11.4. The molecule has 25 heavy (non-hydrogen) atoms. The number of nitrogens with one attached hydrogen (secondary N) is 2. The van der Waals surface area contributed by atoms with Gasteiger partial charge in [0.05, 0.1) is 6.61 Å². The minimum Gasteiger partial charge on any atom is -0.494 e. The van der Waals surface area contributed by atoms with Gasteiger partial charge in [0.1, 0.15) is 11.4 Å². The number of hydrogen-bond donors (Lipinski definition) is 3. The first-order valence-electron chi connectivity index (χ1n) is 8.33. The van der Waals surface area contributed by atoms with Gasteiger partial charge in [-0.05, 0) is 57.9 Å². The van der Waals surface area contributed by atoms with Crippen LogP contribution < -0.4 is 14.8 Å². The molecule has 0 saturated carbocycles. The van der Waals surface area contributed by atoms with Gasteiger partial charge in [-0.25, -0.2) is 9.00 Å². The summed E-state index contributed by atoms with van der Waals surface area (Å²) in [4.78, 5) is 11.4. The standard InChI is InChI=1S/C17H28N2O5S/c1-17(2,3)24-16(20)18-12-6-4-5-7-13-23-15-10-8-14(9-11-15)19-25(21)22/h8-11,19H,4-7,12-13H2,1-3H3,(H,18,20)(H,21,22). The molecule has 0 aliphatic heterocycles. The summed E-state index contributed by atoms with van der Waals surface area (Å²) in [6, 6.07) is 6.87. The Kier molecular flexibility index (Phi) is 9.30. The SMILES string of the molecule is CC(C)(C)OC(=O)NCCCCCCOc1ccc(NS(=O)O)cc1. The highest BCUT2D eigenvalue weighted by Crippen LogP contribution is 2.16. The molecular weight excluding hydrogens is 344 g/mol. The Balaban J connectivity index is 2.03. The van der Waals surface area contributed by atoms with Crippen molar-refractivity contribution in [2.45, 2.75) is 52.1 Å². The molecule has 7 nitrogen and oxygen atoms in total. The maximum Gasteiger partial charge on any atom is 0.407 e. The number of carbonyl (C=O) groups excluding carboxylic acids is 1. The van der Waals surface area contributed by atoms with E-state index in [1.807, 2.05) is 20.8 Å². The van der Waals surface area contributed by atoms with Gasteiger partial charge in [0.15, 0.2) is 0 Å². The highest BCUT2D eigenvalue weighted by atomic mass is 32.2. The van der Waals surface area contributed by atoms with Crippen LogP contribution in [0.3, 0.4) is 0 Å². The number of carbonyl (C=O) groups is 1. The zero-order chi connectivity index (χ0) is 18.7. The zero-order valence-corrected chi connectivity index (χ0v) is 15.9. The van der Waals surface area contributed by atoms with Gasteiger partial charge in [0.2, 0.25) is 0 Å². The summed E-state index contributed by atoms with van der Waals surface area (Å²) in [7, 11) is 0. The number of rotatable bonds is 10. The van der Waals surface area contributed by atoms with E-state index in [1.54, 1.807) is 24.3 Å². The Morgan fingerprint density at radius 3 is 2.36 bits per heavy atom. The Morgan fingerprint density at radius 1 is 1.12 bits per heavy atom. The predicted octanol–water partition coefficient (Wildman–Crippen LogP) is 3.70. The summed E-state index contributed by atoms with van der Waals surface area (Å²) in [6.45, 7) is 6.73. The normalized spacial score (nSPS) is 12.3. The van der Waals surface area contributed by atoms with Crippen LogP contribution in [0.15, 0.2) is 24.3 Å². The van der Waals surface area contributed by atoms with Crippen molar-refractivity contribution in [1.82, 2.24) is 5.32 Å². The third-order valence-electron chi connectivity index (χ3n) is 3.07. The monoisotopic (exact) mass is 372 g/mol. The van der Waals surface area contributed by atoms with Gasteiger partial charge in [-0.3, -0.25) is 9.27 Å². The number of ether oxygens (including phenoxy) is 2. The van der Waals surface area contributed by atoms with Crippen molar-refractivity contribution in [2.24, 2.45) is 0 Å². The largest absolute Gasteiger partial charge is 0.494 e. The van der Waals surface area contributed by atoms with Crippen LogP contribution in [0.25, 0.3) is 0 Å². The molecule has 0 aromatic heterocycles. The molecule has 0 radical (unpaired) electrons. The van der Waals surface area contributed by atoms with Crippen LogP contribution in [0.4, 0.5) is 10.5 Å². The van der Waals surface area contributed by atoms with Crippen molar-refractivity contribution >= 4 is 23.0 Å². The molecule has 0 saturated heterocycles. The van der Waals surface area contributed by atoms with Gasteiger partial charge >= 0.3 is 6.09 Å². The number of amides is 1. The molecule has 0 heterocycles. The smallest absolute Gasteiger partial charge is 0.407 e. The van der Waals surface area contributed by atoms with E-state index >= 15 is 0 Å². The second-order valence-corrected chi connectivity index (χ2v) is 7.27. The molecule has 1 aromatic carbocycles. The number of unbranched alkanes of at least 4 members (excludes halogenated alkanes) is 3. The van der Waals surface area contributed by atoms with E-state index in [-0.39, 0.29) is 6.09 Å². The van der Waals surface area contributed by atoms with Gasteiger partial charge in [-0.2, -0.15) is 0 Å². The first-order valence-corrected chi connectivity index (χ1v) is 9.44. The van der Waals surface area contributed by atoms with Crippen LogP contribution in [0, 0.1) is 0 Å². The Labute approximate surface area is 151 Å². The average Bonchev–Trinajstić information content (AvgIpc) is 2.49. The van der Waals surface area contributed by atoms with E-state index in [2.05, 4.69) is 10.0 Å². The van der Waals surface area contributed by atoms with Crippen molar-refractivity contribution in [3.63, 3.8) is 0 Å². The van der Waals surface area contributed by atoms with Gasteiger partial charge in [-0.1, -0.05) is 12.8 Å². The lowest BCUT2D eigenvalue weighted by Crippen LogP contribution is -2.32. The molecule has 8 heteroatoms. The van der Waals surface area contributed by atoms with Crippen LogP contribution in [-0.2, 0) is 16.0 Å². The van der Waals surface area contributed by atoms with Crippen LogP contribution in [0.2, 0.25) is 0 Å². The van der Waals surface area contributed by atoms with E-state index < -0.39 is 16.9 Å². The van der Waals surface area contributed by atoms with Gasteiger partial charge in [-0.15, -0.1) is 0 Å². The van der Waals surface area contributed by atoms with E-state index in [9.17, 15) is 9.00 Å². The molecule has 3 N–H and O–H groups in total. The fraction of sp³-hybridized carbons (Fsp3) is 0.588. The molecule has 0 fully saturated rings. The number of alkyl carbamates (subject to hydrolysis) is 1. The minimum absolute atomic E-state index is 0.376. The molecule has 1 rings (SSSR count). The second kappa shape index (κ2) is 10.9. The minimum atomic E-state index is -2.07. The Bertz CT molecular complexity index is 543. The molecule has 1 unspecified atom stereocenters. The quantitative estimate of drug-likeness (QED) is 0.430. The van der Waals surface area contributed by atoms with Gasteiger partial charge in [0, 0.05) is 12.2 Å². The van der Waals surface area contributed by atoms with Crippen LogP contribution in [-0.4, -0.2) is 33.6 Å². The third kappa shape index (κ3) is 11.4. The van der Waals surface area contributed by atoms with Crippen molar-refractivity contribution in [3.05, 3.63) is 24.3 Å². The molecule has 1 amide bonds. The summed E-state index contributed by atoms with van der Waals surface area (Å²) < 4.78 is 32.5. The van der Waals surface area contributed by atoms with E-state index in [0.717, 1.165) is 31.4 Å². The van der Waals surface area contributed by atoms with Crippen LogP contribution in [0.1, 0.15) is 46.5 Å². The zero-order valence-electron chi connectivity index (χ0n) is 15.0. The number of anilines is 1. The summed E-state index contributed by atoms with van der Waals surface area (Å²) >= 11 is -2.07. The van der Waals surface area contributed by atoms with E-state index in [4.69, 9.17) is 14.0 Å². The fourth-order valence-electron chi connectivity index (χ4n) is 2.00. The van der Waals surface area contributed by atoms with Crippen molar-refractivity contribution in [1.29, 1.82) is 0 Å². The lowest BCUT2D eigenvalue weighted by molar-refractivity contribution is 0.0527. The fourth-order valence-corrected chi connectivity index (χ4v) is 2.33. The van der Waals surface area contributed by atoms with Crippen LogP contribution in [0.5, 0.6) is 5.75 Å². The molecule has 0 spiro atoms. The Morgan fingerprint density at radius 2 is 1.76 bits per heavy atom. The molecule has 1 atom stereocenters. The first-order chi connectivity index (χ1) is 11.8. The van der Waals surface area contributed by atoms with Crippen molar-refractivity contribution in [3.8, 4) is 5.75 Å². The third-order valence-corrected chi connectivity index (χ3v) is 3.48. The molecule has 0 aliphatic rings. The molecule has 1 aromatic rings. The number of benzene rings is 1. The second-order valence-electron chi connectivity index (χ2n) is 6.57. The average molecular weight is 372 g/mol. The van der Waals surface area contributed by atoms with Crippen LogP contribution >= 0.6 is 0 Å². The lowest BCUT2D eigenvalue weighted by Gasteiger charge is -2.19. The van der Waals surface area contributed by atoms with E-state index in [1.165, 1.54) is 0 Å². The van der Waals surface area contributed by atoms with Gasteiger partial charge in [0.25, 0.3) is 11.3 Å². The predicted molar refractivity (Wildman–Crippen MR) is 99.0 cm³/mol. The van der Waals surface area contributed by atoms with Crippen molar-refractivity contribution < 1.29 is 23.0 Å². The molecule has 142 valence electrons. The Hall–Kier alpha value is -1.80. The maximum atomic E-state index is 11.4. The summed E-state index contributed by atoms with van der Waals surface area (Å²) in [6.07, 6.45) is 3.47. The summed E-state index contributed by atoms with van der Waals surface area (Å²) in [5.74, 6) is 0.723. The first kappa shape index (κ1) is 21.2. The summed E-state index contributed by atoms with van der Waals surface area (Å²) in [5.41, 5.74) is 0.0934.